The number of aryl methyl sites for hydroxylation is 1. The SMILES string of the molecule is Cc1ccc(S(=O)(=O)OC2CN(C(=C(CS)COc3ccc4nc(C5=NC(C(=O)O)CS5)sc4c3)C(O)O)C2=O)cc1. The molecule has 5 rings (SSSR count). The number of thiol groups is 1. The zero-order chi connectivity index (χ0) is 30.2. The first kappa shape index (κ1) is 30.5. The lowest BCUT2D eigenvalue weighted by atomic mass is 10.1. The van der Waals surface area contributed by atoms with E-state index < -0.39 is 40.4 Å². The fourth-order valence-corrected chi connectivity index (χ4v) is 7.56. The number of carboxylic acids is 1. The molecular formula is C26H25N3O9S4. The van der Waals surface area contributed by atoms with Gasteiger partial charge < -0.3 is 25.0 Å². The molecule has 12 nitrogen and oxygen atoms in total. The van der Waals surface area contributed by atoms with Crippen molar-refractivity contribution in [1.29, 1.82) is 0 Å². The van der Waals surface area contributed by atoms with Crippen molar-refractivity contribution in [2.24, 2.45) is 4.99 Å². The van der Waals surface area contributed by atoms with Crippen LogP contribution in [0.4, 0.5) is 0 Å². The molecule has 222 valence electrons. The number of hydrogen-bond acceptors (Lipinski definition) is 13. The number of aliphatic hydroxyl groups excluding tert-OH is 1. The Morgan fingerprint density at radius 2 is 1.95 bits per heavy atom. The molecule has 3 aromatic rings. The Balaban J connectivity index is 1.28. The molecule has 42 heavy (non-hydrogen) atoms. The maximum absolute atomic E-state index is 12.8. The van der Waals surface area contributed by atoms with Gasteiger partial charge in [-0.05, 0) is 37.3 Å². The number of thioether (sulfide) groups is 1. The number of aliphatic carboxylic acids is 1. The Morgan fingerprint density at radius 3 is 2.57 bits per heavy atom. The van der Waals surface area contributed by atoms with Crippen LogP contribution in [0, 0.1) is 6.92 Å². The van der Waals surface area contributed by atoms with Crippen LogP contribution in [0.5, 0.6) is 5.75 Å². The number of benzene rings is 2. The predicted octanol–water partition coefficient (Wildman–Crippen LogP) is 2.04. The van der Waals surface area contributed by atoms with Crippen molar-refractivity contribution in [1.82, 2.24) is 9.88 Å². The number of aliphatic imine (C=N–C) groups is 1. The van der Waals surface area contributed by atoms with Gasteiger partial charge in [0.2, 0.25) is 0 Å². The molecule has 0 radical (unpaired) electrons. The predicted molar refractivity (Wildman–Crippen MR) is 160 cm³/mol. The van der Waals surface area contributed by atoms with Gasteiger partial charge in [0.15, 0.2) is 18.4 Å². The molecule has 1 aromatic heterocycles. The van der Waals surface area contributed by atoms with E-state index in [1.54, 1.807) is 37.3 Å². The summed E-state index contributed by atoms with van der Waals surface area (Å²) in [4.78, 5) is 33.8. The molecule has 2 unspecified atom stereocenters. The summed E-state index contributed by atoms with van der Waals surface area (Å²) in [5, 5.41) is 30.5. The fourth-order valence-electron chi connectivity index (χ4n) is 4.18. The van der Waals surface area contributed by atoms with Crippen molar-refractivity contribution in [3.63, 3.8) is 0 Å². The largest absolute Gasteiger partial charge is 0.489 e. The zero-order valence-corrected chi connectivity index (χ0v) is 25.3. The van der Waals surface area contributed by atoms with E-state index in [1.165, 1.54) is 35.2 Å². The average molecular weight is 652 g/mol. The number of carbonyl (C=O) groups excluding carboxylic acids is 1. The Labute approximate surface area is 254 Å². The molecule has 3 heterocycles. The Kier molecular flexibility index (Phi) is 8.94. The van der Waals surface area contributed by atoms with Crippen LogP contribution in [0.2, 0.25) is 0 Å². The number of amides is 1. The number of thiazole rings is 1. The topological polar surface area (TPSA) is 176 Å². The number of fused-ring (bicyclic) bond motifs is 1. The van der Waals surface area contributed by atoms with Gasteiger partial charge >= 0.3 is 5.97 Å². The summed E-state index contributed by atoms with van der Waals surface area (Å²) in [6.07, 6.45) is -3.37. The average Bonchev–Trinajstić information content (AvgIpc) is 3.61. The normalized spacial score (nSPS) is 19.6. The third kappa shape index (κ3) is 6.34. The summed E-state index contributed by atoms with van der Waals surface area (Å²) >= 11 is 6.95. The standard InChI is InChI=1S/C26H25N3O9S4/c1-13-2-5-16(6-3-13)42(35,36)38-19-9-29(24(19)30)21(26(33)34)14(11-39)10-37-15-4-7-17-20(8-15)41-23(27-17)22-28-18(12-40-22)25(31)32/h2-8,18-19,26,33-34,39H,9-12H2,1H3,(H,31,32). The number of likely N-dealkylation sites (tertiary alicyclic amines) is 1. The van der Waals surface area contributed by atoms with E-state index in [0.29, 0.717) is 32.6 Å². The second-order valence-corrected chi connectivity index (χ2v) is 13.3. The van der Waals surface area contributed by atoms with Crippen molar-refractivity contribution in [3.8, 4) is 5.75 Å². The van der Waals surface area contributed by atoms with Gasteiger partial charge in [-0.15, -0.1) is 23.1 Å². The number of rotatable bonds is 11. The molecular weight excluding hydrogens is 627 g/mol. The number of β-lactam (4-membered cyclic amide) rings is 1. The van der Waals surface area contributed by atoms with Gasteiger partial charge in [0.25, 0.3) is 16.0 Å². The maximum atomic E-state index is 12.8. The number of nitrogens with zero attached hydrogens (tertiary/aromatic N) is 3. The van der Waals surface area contributed by atoms with Crippen LogP contribution in [-0.4, -0.2) is 93.6 Å². The van der Waals surface area contributed by atoms with E-state index in [0.717, 1.165) is 15.2 Å². The van der Waals surface area contributed by atoms with E-state index >= 15 is 0 Å². The van der Waals surface area contributed by atoms with Gasteiger partial charge in [-0.3, -0.25) is 14.0 Å². The highest BCUT2D eigenvalue weighted by molar-refractivity contribution is 8.15. The quantitative estimate of drug-likeness (QED) is 0.103. The first-order valence-electron chi connectivity index (χ1n) is 12.4. The summed E-state index contributed by atoms with van der Waals surface area (Å²) in [5.74, 6) is -0.927. The van der Waals surface area contributed by atoms with Crippen molar-refractivity contribution < 1.29 is 42.2 Å². The van der Waals surface area contributed by atoms with Gasteiger partial charge in [0.1, 0.15) is 22.4 Å². The summed E-state index contributed by atoms with van der Waals surface area (Å²) in [6.45, 7) is 1.45. The summed E-state index contributed by atoms with van der Waals surface area (Å²) in [6, 6.07) is 10.3. The van der Waals surface area contributed by atoms with E-state index in [9.17, 15) is 33.3 Å². The minimum atomic E-state index is -4.21. The van der Waals surface area contributed by atoms with Crippen molar-refractivity contribution >= 4 is 73.0 Å². The summed E-state index contributed by atoms with van der Waals surface area (Å²) in [5.41, 5.74) is 1.67. The van der Waals surface area contributed by atoms with Gasteiger partial charge in [-0.1, -0.05) is 17.7 Å². The molecule has 0 spiro atoms. The van der Waals surface area contributed by atoms with Gasteiger partial charge in [0.05, 0.1) is 27.4 Å². The molecule has 16 heteroatoms. The minimum Gasteiger partial charge on any atom is -0.489 e. The smallest absolute Gasteiger partial charge is 0.329 e. The van der Waals surface area contributed by atoms with Crippen LogP contribution in [0.15, 0.2) is 63.6 Å². The highest BCUT2D eigenvalue weighted by Crippen LogP contribution is 2.32. The lowest BCUT2D eigenvalue weighted by Crippen LogP contribution is -2.59. The first-order chi connectivity index (χ1) is 20.0. The van der Waals surface area contributed by atoms with Gasteiger partial charge in [-0.25, -0.2) is 9.78 Å². The minimum absolute atomic E-state index is 0.0126. The molecule has 1 fully saturated rings. The van der Waals surface area contributed by atoms with Crippen molar-refractivity contribution in [2.45, 2.75) is 30.3 Å². The van der Waals surface area contributed by atoms with Crippen molar-refractivity contribution in [2.75, 3.05) is 24.7 Å². The fraction of sp³-hybridized carbons (Fsp3) is 0.308. The van der Waals surface area contributed by atoms with Crippen LogP contribution in [0.25, 0.3) is 10.2 Å². The Hall–Kier alpha value is -2.99. The third-order valence-electron chi connectivity index (χ3n) is 6.42. The molecule has 0 bridgehead atoms. The van der Waals surface area contributed by atoms with Crippen LogP contribution in [0.3, 0.4) is 0 Å². The number of carbonyl (C=O) groups is 2. The molecule has 1 amide bonds. The van der Waals surface area contributed by atoms with E-state index in [-0.39, 0.29) is 29.5 Å². The van der Waals surface area contributed by atoms with E-state index in [2.05, 4.69) is 22.6 Å². The Bertz CT molecular complexity index is 1700. The number of ether oxygens (including phenoxy) is 1. The summed E-state index contributed by atoms with van der Waals surface area (Å²) < 4.78 is 37.0. The molecule has 2 atom stereocenters. The molecule has 1 saturated heterocycles. The highest BCUT2D eigenvalue weighted by Gasteiger charge is 2.45. The monoisotopic (exact) mass is 651 g/mol. The van der Waals surface area contributed by atoms with Gasteiger partial charge in [0, 0.05) is 17.1 Å². The number of hydrogen-bond donors (Lipinski definition) is 4. The van der Waals surface area contributed by atoms with Crippen LogP contribution < -0.4 is 4.74 Å². The lowest BCUT2D eigenvalue weighted by Gasteiger charge is -2.40. The van der Waals surface area contributed by atoms with Crippen molar-refractivity contribution in [3.05, 3.63) is 64.3 Å². The zero-order valence-electron chi connectivity index (χ0n) is 21.9. The second kappa shape index (κ2) is 12.3. The molecule has 0 saturated carbocycles. The van der Waals surface area contributed by atoms with Crippen LogP contribution in [-0.2, 0) is 23.9 Å². The van der Waals surface area contributed by atoms with E-state index in [4.69, 9.17) is 8.92 Å². The van der Waals surface area contributed by atoms with E-state index in [1.807, 2.05) is 0 Å². The molecule has 2 aliphatic rings. The van der Waals surface area contributed by atoms with Crippen LogP contribution >= 0.6 is 35.7 Å². The molecule has 3 N–H and O–H groups in total. The highest BCUT2D eigenvalue weighted by atomic mass is 32.2. The third-order valence-corrected chi connectivity index (χ3v) is 10.3. The lowest BCUT2D eigenvalue weighted by molar-refractivity contribution is -0.154. The number of aliphatic hydroxyl groups is 2. The Morgan fingerprint density at radius 1 is 1.21 bits per heavy atom. The number of aromatic nitrogens is 1. The molecule has 2 aliphatic heterocycles. The first-order valence-corrected chi connectivity index (χ1v) is 16.3. The van der Waals surface area contributed by atoms with Gasteiger partial charge in [-0.2, -0.15) is 21.0 Å². The number of carboxylic acid groups (broad SMARTS) is 1. The maximum Gasteiger partial charge on any atom is 0.329 e. The van der Waals surface area contributed by atoms with Crippen LogP contribution in [0.1, 0.15) is 10.6 Å². The second-order valence-electron chi connectivity index (χ2n) is 9.36. The molecule has 2 aromatic carbocycles. The summed E-state index contributed by atoms with van der Waals surface area (Å²) in [7, 11) is -4.21. The molecule has 0 aliphatic carbocycles.